The number of nitrogens with zero attached hydrogens (tertiary/aromatic N) is 1. The molecule has 18 heavy (non-hydrogen) atoms. The highest BCUT2D eigenvalue weighted by Gasteiger charge is 2.29. The summed E-state index contributed by atoms with van der Waals surface area (Å²) < 4.78 is 0. The lowest BCUT2D eigenvalue weighted by atomic mass is 10.00. The molecular formula is C15H24N2O. The van der Waals surface area contributed by atoms with Crippen LogP contribution in [0.5, 0.6) is 0 Å². The topological polar surface area (TPSA) is 45.1 Å². The van der Waals surface area contributed by atoms with Crippen LogP contribution < -0.4 is 5.32 Å². The standard InChI is InChI=1S/C15H24N2O/c1-9-7-10(2)17-12(4)15(9)11(3)16-8-14(18)13-5-6-13/h7,11,13-14,16,18H,5-6,8H2,1-4H3. The van der Waals surface area contributed by atoms with Crippen LogP contribution in [-0.4, -0.2) is 22.7 Å². The van der Waals surface area contributed by atoms with E-state index < -0.39 is 0 Å². The van der Waals surface area contributed by atoms with Crippen molar-refractivity contribution in [2.24, 2.45) is 5.92 Å². The van der Waals surface area contributed by atoms with E-state index in [1.165, 1.54) is 24.0 Å². The Balaban J connectivity index is 2.01. The van der Waals surface area contributed by atoms with Crippen molar-refractivity contribution in [1.82, 2.24) is 10.3 Å². The third-order valence-corrected chi connectivity index (χ3v) is 3.82. The Morgan fingerprint density at radius 1 is 1.39 bits per heavy atom. The number of rotatable bonds is 5. The smallest absolute Gasteiger partial charge is 0.0692 e. The van der Waals surface area contributed by atoms with Gasteiger partial charge in [-0.2, -0.15) is 0 Å². The Morgan fingerprint density at radius 3 is 2.61 bits per heavy atom. The van der Waals surface area contributed by atoms with Crippen molar-refractivity contribution in [2.45, 2.75) is 52.7 Å². The van der Waals surface area contributed by atoms with Crippen LogP contribution in [0.4, 0.5) is 0 Å². The molecule has 0 aliphatic heterocycles. The molecule has 0 bridgehead atoms. The third kappa shape index (κ3) is 3.09. The molecule has 2 rings (SSSR count). The summed E-state index contributed by atoms with van der Waals surface area (Å²) in [5, 5.41) is 13.3. The van der Waals surface area contributed by atoms with Gasteiger partial charge in [0.2, 0.25) is 0 Å². The number of nitrogens with one attached hydrogen (secondary N) is 1. The van der Waals surface area contributed by atoms with E-state index in [1.54, 1.807) is 0 Å². The summed E-state index contributed by atoms with van der Waals surface area (Å²) in [6.45, 7) is 9.04. The Hall–Kier alpha value is -0.930. The van der Waals surface area contributed by atoms with Gasteiger partial charge in [0.25, 0.3) is 0 Å². The lowest BCUT2D eigenvalue weighted by molar-refractivity contribution is 0.145. The molecule has 0 radical (unpaired) electrons. The van der Waals surface area contributed by atoms with Gasteiger partial charge in [-0.3, -0.25) is 4.98 Å². The fourth-order valence-corrected chi connectivity index (χ4v) is 2.74. The van der Waals surface area contributed by atoms with Gasteiger partial charge in [0, 0.05) is 24.0 Å². The van der Waals surface area contributed by atoms with Gasteiger partial charge >= 0.3 is 0 Å². The van der Waals surface area contributed by atoms with Crippen molar-refractivity contribution in [1.29, 1.82) is 0 Å². The van der Waals surface area contributed by atoms with Crippen molar-refractivity contribution in [3.63, 3.8) is 0 Å². The number of aromatic nitrogens is 1. The van der Waals surface area contributed by atoms with Crippen LogP contribution >= 0.6 is 0 Å². The molecule has 1 saturated carbocycles. The van der Waals surface area contributed by atoms with E-state index in [0.717, 1.165) is 11.4 Å². The fourth-order valence-electron chi connectivity index (χ4n) is 2.74. The van der Waals surface area contributed by atoms with E-state index in [1.807, 2.05) is 6.92 Å². The average molecular weight is 248 g/mol. The Morgan fingerprint density at radius 2 is 2.06 bits per heavy atom. The van der Waals surface area contributed by atoms with Crippen LogP contribution in [0.15, 0.2) is 6.07 Å². The molecule has 0 aromatic carbocycles. The van der Waals surface area contributed by atoms with Crippen molar-refractivity contribution in [3.8, 4) is 0 Å². The minimum absolute atomic E-state index is 0.188. The Bertz CT molecular complexity index is 403. The van der Waals surface area contributed by atoms with E-state index in [9.17, 15) is 5.11 Å². The molecule has 0 spiro atoms. The Labute approximate surface area is 110 Å². The predicted octanol–water partition coefficient (Wildman–Crippen LogP) is 2.43. The molecule has 1 aliphatic rings. The first kappa shape index (κ1) is 13.5. The number of hydrogen-bond donors (Lipinski definition) is 2. The third-order valence-electron chi connectivity index (χ3n) is 3.82. The highest BCUT2D eigenvalue weighted by Crippen LogP contribution is 2.32. The minimum atomic E-state index is -0.188. The quantitative estimate of drug-likeness (QED) is 0.841. The van der Waals surface area contributed by atoms with E-state index in [4.69, 9.17) is 0 Å². The van der Waals surface area contributed by atoms with Crippen LogP contribution in [0.3, 0.4) is 0 Å². The van der Waals surface area contributed by atoms with Crippen LogP contribution in [-0.2, 0) is 0 Å². The summed E-state index contributed by atoms with van der Waals surface area (Å²) in [4.78, 5) is 4.53. The van der Waals surface area contributed by atoms with Crippen LogP contribution in [0.1, 0.15) is 48.3 Å². The molecule has 0 amide bonds. The van der Waals surface area contributed by atoms with Crippen molar-refractivity contribution in [2.75, 3.05) is 6.54 Å². The number of aliphatic hydroxyl groups excluding tert-OH is 1. The highest BCUT2D eigenvalue weighted by molar-refractivity contribution is 5.33. The van der Waals surface area contributed by atoms with Crippen molar-refractivity contribution >= 4 is 0 Å². The van der Waals surface area contributed by atoms with Gasteiger partial charge in [-0.1, -0.05) is 0 Å². The highest BCUT2D eigenvalue weighted by atomic mass is 16.3. The van der Waals surface area contributed by atoms with E-state index in [-0.39, 0.29) is 12.1 Å². The molecule has 3 nitrogen and oxygen atoms in total. The summed E-state index contributed by atoms with van der Waals surface area (Å²) in [6.07, 6.45) is 2.18. The lowest BCUT2D eigenvalue weighted by Gasteiger charge is -2.21. The summed E-state index contributed by atoms with van der Waals surface area (Å²) in [5.74, 6) is 0.531. The molecule has 1 aromatic heterocycles. The zero-order valence-corrected chi connectivity index (χ0v) is 11.8. The number of hydrogen-bond acceptors (Lipinski definition) is 3. The molecule has 1 fully saturated rings. The molecule has 1 aliphatic carbocycles. The molecule has 1 heterocycles. The van der Waals surface area contributed by atoms with Gasteiger partial charge in [0.1, 0.15) is 0 Å². The lowest BCUT2D eigenvalue weighted by Crippen LogP contribution is -2.31. The minimum Gasteiger partial charge on any atom is -0.392 e. The van der Waals surface area contributed by atoms with Crippen LogP contribution in [0.2, 0.25) is 0 Å². The van der Waals surface area contributed by atoms with Crippen LogP contribution in [0.25, 0.3) is 0 Å². The van der Waals surface area contributed by atoms with Crippen LogP contribution in [0, 0.1) is 26.7 Å². The first-order valence-electron chi connectivity index (χ1n) is 6.85. The molecule has 100 valence electrons. The second kappa shape index (κ2) is 5.37. The van der Waals surface area contributed by atoms with E-state index in [0.29, 0.717) is 12.5 Å². The van der Waals surface area contributed by atoms with E-state index in [2.05, 4.69) is 37.1 Å². The van der Waals surface area contributed by atoms with Gasteiger partial charge in [0.15, 0.2) is 0 Å². The summed E-state index contributed by atoms with van der Waals surface area (Å²) in [7, 11) is 0. The van der Waals surface area contributed by atoms with Gasteiger partial charge in [-0.05, 0) is 63.6 Å². The number of pyridine rings is 1. The SMILES string of the molecule is Cc1cc(C)c(C(C)NCC(O)C2CC2)c(C)n1. The maximum atomic E-state index is 9.89. The maximum Gasteiger partial charge on any atom is 0.0692 e. The molecule has 0 saturated heterocycles. The first-order chi connectivity index (χ1) is 8.49. The normalized spacial score (nSPS) is 18.7. The summed E-state index contributed by atoms with van der Waals surface area (Å²) in [5.41, 5.74) is 4.71. The van der Waals surface area contributed by atoms with Gasteiger partial charge in [-0.25, -0.2) is 0 Å². The maximum absolute atomic E-state index is 9.89. The zero-order valence-electron chi connectivity index (χ0n) is 11.8. The molecule has 3 heteroatoms. The monoisotopic (exact) mass is 248 g/mol. The summed E-state index contributed by atoms with van der Waals surface area (Å²) in [6, 6.07) is 2.36. The zero-order chi connectivity index (χ0) is 13.3. The van der Waals surface area contributed by atoms with E-state index >= 15 is 0 Å². The van der Waals surface area contributed by atoms with Gasteiger partial charge in [-0.15, -0.1) is 0 Å². The molecule has 2 unspecified atom stereocenters. The first-order valence-corrected chi connectivity index (χ1v) is 6.85. The van der Waals surface area contributed by atoms with Gasteiger partial charge in [0.05, 0.1) is 6.10 Å². The van der Waals surface area contributed by atoms with Crippen molar-refractivity contribution in [3.05, 3.63) is 28.6 Å². The second-order valence-electron chi connectivity index (χ2n) is 5.61. The molecule has 2 atom stereocenters. The number of aryl methyl sites for hydroxylation is 3. The summed E-state index contributed by atoms with van der Waals surface area (Å²) >= 11 is 0. The fraction of sp³-hybridized carbons (Fsp3) is 0.667. The van der Waals surface area contributed by atoms with Gasteiger partial charge < -0.3 is 10.4 Å². The number of aliphatic hydroxyl groups is 1. The molecular weight excluding hydrogens is 224 g/mol. The second-order valence-corrected chi connectivity index (χ2v) is 5.61. The Kier molecular flexibility index (Phi) is 4.03. The largest absolute Gasteiger partial charge is 0.392 e. The predicted molar refractivity (Wildman–Crippen MR) is 73.6 cm³/mol. The molecule has 2 N–H and O–H groups in total. The molecule has 1 aromatic rings. The average Bonchev–Trinajstić information content (AvgIpc) is 3.07. The van der Waals surface area contributed by atoms with Crippen molar-refractivity contribution < 1.29 is 5.11 Å².